The van der Waals surface area contributed by atoms with Crippen LogP contribution in [0, 0.1) is 0 Å². The standard InChI is InChI=1S/C20H17F3N4O2/c21-20(22,23)29-17-5-3-15(4-6-17)16-10-18(28)19-25-27(13-26(19)12-16)9-7-14-2-1-8-24-11-14/h1-6,8,10-11H,7,9,12-13H2. The summed E-state index contributed by atoms with van der Waals surface area (Å²) in [6, 6.07) is 9.36. The van der Waals surface area contributed by atoms with Crippen LogP contribution in [-0.2, 0) is 11.2 Å². The molecule has 2 aliphatic rings. The highest BCUT2D eigenvalue weighted by Crippen LogP contribution is 2.27. The minimum Gasteiger partial charge on any atom is -0.406 e. The number of ketones is 1. The monoisotopic (exact) mass is 402 g/mol. The number of hydrogen-bond donors (Lipinski definition) is 0. The molecule has 3 heterocycles. The van der Waals surface area contributed by atoms with E-state index >= 15 is 0 Å². The molecule has 0 bridgehead atoms. The number of ether oxygens (including phenoxy) is 1. The Morgan fingerprint density at radius 1 is 1.14 bits per heavy atom. The van der Waals surface area contributed by atoms with E-state index in [0.717, 1.165) is 17.6 Å². The minimum atomic E-state index is -4.73. The van der Waals surface area contributed by atoms with E-state index in [2.05, 4.69) is 14.8 Å². The van der Waals surface area contributed by atoms with Gasteiger partial charge in [0.2, 0.25) is 5.78 Å². The molecule has 0 radical (unpaired) electrons. The molecule has 0 unspecified atom stereocenters. The summed E-state index contributed by atoms with van der Waals surface area (Å²) in [6.07, 6.45) is 1.02. The highest BCUT2D eigenvalue weighted by atomic mass is 19.4. The van der Waals surface area contributed by atoms with Crippen LogP contribution in [0.1, 0.15) is 11.1 Å². The smallest absolute Gasteiger partial charge is 0.406 e. The Morgan fingerprint density at radius 2 is 1.93 bits per heavy atom. The molecule has 0 fully saturated rings. The van der Waals surface area contributed by atoms with Gasteiger partial charge in [-0.25, -0.2) is 0 Å². The highest BCUT2D eigenvalue weighted by Gasteiger charge is 2.33. The van der Waals surface area contributed by atoms with E-state index in [-0.39, 0.29) is 11.5 Å². The Bertz CT molecular complexity index is 956. The number of alkyl halides is 3. The molecule has 0 spiro atoms. The summed E-state index contributed by atoms with van der Waals surface area (Å²) in [5.74, 6) is -0.128. The fourth-order valence-electron chi connectivity index (χ4n) is 3.27. The lowest BCUT2D eigenvalue weighted by molar-refractivity contribution is -0.274. The zero-order chi connectivity index (χ0) is 20.4. The van der Waals surface area contributed by atoms with Gasteiger partial charge in [0, 0.05) is 25.5 Å². The lowest BCUT2D eigenvalue weighted by Gasteiger charge is -2.25. The Balaban J connectivity index is 1.40. The molecule has 29 heavy (non-hydrogen) atoms. The van der Waals surface area contributed by atoms with Crippen LogP contribution < -0.4 is 4.74 Å². The number of carbonyl (C=O) groups is 1. The van der Waals surface area contributed by atoms with Gasteiger partial charge in [0.05, 0.1) is 0 Å². The summed E-state index contributed by atoms with van der Waals surface area (Å²) in [5.41, 5.74) is 2.48. The van der Waals surface area contributed by atoms with Crippen LogP contribution in [0.4, 0.5) is 13.2 Å². The van der Waals surface area contributed by atoms with Gasteiger partial charge in [0.15, 0.2) is 5.84 Å². The molecule has 9 heteroatoms. The highest BCUT2D eigenvalue weighted by molar-refractivity contribution is 6.45. The molecule has 2 aliphatic heterocycles. The predicted octanol–water partition coefficient (Wildman–Crippen LogP) is 3.08. The van der Waals surface area contributed by atoms with Crippen molar-refractivity contribution in [2.45, 2.75) is 12.8 Å². The van der Waals surface area contributed by atoms with Crippen molar-refractivity contribution >= 4 is 17.2 Å². The number of nitrogens with zero attached hydrogens (tertiary/aromatic N) is 4. The molecule has 1 aromatic heterocycles. The van der Waals surface area contributed by atoms with Gasteiger partial charge in [0.1, 0.15) is 12.4 Å². The van der Waals surface area contributed by atoms with E-state index in [1.54, 1.807) is 12.4 Å². The quantitative estimate of drug-likeness (QED) is 0.770. The van der Waals surface area contributed by atoms with E-state index < -0.39 is 6.36 Å². The topological polar surface area (TPSA) is 58.0 Å². The third-order valence-corrected chi connectivity index (χ3v) is 4.60. The van der Waals surface area contributed by atoms with E-state index in [4.69, 9.17) is 0 Å². The molecule has 2 aromatic rings. The number of halogens is 3. The van der Waals surface area contributed by atoms with Crippen molar-refractivity contribution in [3.05, 3.63) is 66.0 Å². The van der Waals surface area contributed by atoms with E-state index in [9.17, 15) is 18.0 Å². The Morgan fingerprint density at radius 3 is 2.62 bits per heavy atom. The molecule has 0 N–H and O–H groups in total. The van der Waals surface area contributed by atoms with Crippen LogP contribution in [0.5, 0.6) is 5.75 Å². The van der Waals surface area contributed by atoms with Crippen LogP contribution in [0.2, 0.25) is 0 Å². The number of hydrogen-bond acceptors (Lipinski definition) is 6. The molecule has 150 valence electrons. The van der Waals surface area contributed by atoms with Crippen molar-refractivity contribution in [1.29, 1.82) is 0 Å². The van der Waals surface area contributed by atoms with Crippen molar-refractivity contribution in [2.75, 3.05) is 19.8 Å². The first kappa shape index (κ1) is 19.0. The number of amidine groups is 1. The Labute approximate surface area is 164 Å². The predicted molar refractivity (Wildman–Crippen MR) is 99.8 cm³/mol. The largest absolute Gasteiger partial charge is 0.573 e. The first-order valence-corrected chi connectivity index (χ1v) is 8.96. The molecular formula is C20H17F3N4O2. The fraction of sp³-hybridized carbons (Fsp3) is 0.250. The molecule has 0 saturated carbocycles. The van der Waals surface area contributed by atoms with Gasteiger partial charge in [-0.1, -0.05) is 18.2 Å². The van der Waals surface area contributed by atoms with Gasteiger partial charge in [-0.05, 0) is 47.4 Å². The summed E-state index contributed by atoms with van der Waals surface area (Å²) in [7, 11) is 0. The molecule has 0 aliphatic carbocycles. The molecule has 6 nitrogen and oxygen atoms in total. The lowest BCUT2D eigenvalue weighted by Crippen LogP contribution is -2.39. The number of hydrazone groups is 1. The number of benzene rings is 1. The van der Waals surface area contributed by atoms with Crippen molar-refractivity contribution in [1.82, 2.24) is 14.9 Å². The van der Waals surface area contributed by atoms with Crippen molar-refractivity contribution in [3.8, 4) is 5.75 Å². The fourth-order valence-corrected chi connectivity index (χ4v) is 3.27. The molecule has 0 amide bonds. The maximum atomic E-state index is 12.5. The Kier molecular flexibility index (Phi) is 4.96. The summed E-state index contributed by atoms with van der Waals surface area (Å²) in [4.78, 5) is 18.4. The number of carbonyl (C=O) groups excluding carboxylic acids is 1. The second-order valence-electron chi connectivity index (χ2n) is 6.71. The molecule has 0 atom stereocenters. The van der Waals surface area contributed by atoms with Gasteiger partial charge >= 0.3 is 6.36 Å². The molecule has 4 rings (SSSR count). The average Bonchev–Trinajstić information content (AvgIpc) is 3.10. The van der Waals surface area contributed by atoms with Crippen LogP contribution in [0.3, 0.4) is 0 Å². The molecular weight excluding hydrogens is 385 g/mol. The lowest BCUT2D eigenvalue weighted by atomic mass is 10.0. The second kappa shape index (κ2) is 7.57. The first-order chi connectivity index (χ1) is 13.9. The SMILES string of the molecule is O=C1C=C(c2ccc(OC(F)(F)F)cc2)CN2CN(CCc3cccnc3)N=C12. The van der Waals surface area contributed by atoms with Crippen molar-refractivity contribution < 1.29 is 22.7 Å². The Hall–Kier alpha value is -3.36. The van der Waals surface area contributed by atoms with E-state index in [1.807, 2.05) is 22.0 Å². The van der Waals surface area contributed by atoms with Gasteiger partial charge < -0.3 is 9.64 Å². The number of aromatic nitrogens is 1. The summed E-state index contributed by atoms with van der Waals surface area (Å²) in [6.45, 7) is 1.58. The van der Waals surface area contributed by atoms with Gasteiger partial charge in [-0.2, -0.15) is 5.10 Å². The number of rotatable bonds is 5. The maximum absolute atomic E-state index is 12.5. The normalized spacial score (nSPS) is 16.4. The van der Waals surface area contributed by atoms with E-state index in [1.165, 1.54) is 30.3 Å². The molecule has 1 aromatic carbocycles. The van der Waals surface area contributed by atoms with Crippen molar-refractivity contribution in [3.63, 3.8) is 0 Å². The van der Waals surface area contributed by atoms with Gasteiger partial charge in [-0.3, -0.25) is 14.8 Å². The van der Waals surface area contributed by atoms with E-state index in [0.29, 0.717) is 31.2 Å². The van der Waals surface area contributed by atoms with Crippen LogP contribution in [0.25, 0.3) is 5.57 Å². The third kappa shape index (κ3) is 4.56. The summed E-state index contributed by atoms with van der Waals surface area (Å²) in [5, 5.41) is 6.24. The minimum absolute atomic E-state index is 0.217. The number of fused-ring (bicyclic) bond motifs is 1. The molecule has 0 saturated heterocycles. The zero-order valence-electron chi connectivity index (χ0n) is 15.3. The third-order valence-electron chi connectivity index (χ3n) is 4.60. The first-order valence-electron chi connectivity index (χ1n) is 8.96. The van der Waals surface area contributed by atoms with Crippen LogP contribution in [0.15, 0.2) is 60.0 Å². The number of pyridine rings is 1. The average molecular weight is 402 g/mol. The summed E-state index contributed by atoms with van der Waals surface area (Å²) >= 11 is 0. The van der Waals surface area contributed by atoms with Crippen LogP contribution in [-0.4, -0.2) is 52.6 Å². The van der Waals surface area contributed by atoms with Crippen molar-refractivity contribution in [2.24, 2.45) is 5.10 Å². The summed E-state index contributed by atoms with van der Waals surface area (Å²) < 4.78 is 40.8. The van der Waals surface area contributed by atoms with Gasteiger partial charge in [0.25, 0.3) is 0 Å². The van der Waals surface area contributed by atoms with Crippen LogP contribution >= 0.6 is 0 Å². The maximum Gasteiger partial charge on any atom is 0.573 e. The second-order valence-corrected chi connectivity index (χ2v) is 6.71. The van der Waals surface area contributed by atoms with Gasteiger partial charge in [-0.15, -0.1) is 13.2 Å². The zero-order valence-corrected chi connectivity index (χ0v) is 15.3.